The second-order valence-electron chi connectivity index (χ2n) is 4.91. The number of aryl methyl sites for hydroxylation is 1. The molecule has 2 aromatic rings. The van der Waals surface area contributed by atoms with Crippen LogP contribution in [0.25, 0.3) is 11.1 Å². The fraction of sp³-hybridized carbons (Fsp3) is 0.353. The van der Waals surface area contributed by atoms with Crippen molar-refractivity contribution in [3.63, 3.8) is 0 Å². The predicted molar refractivity (Wildman–Crippen MR) is 80.8 cm³/mol. The topological polar surface area (TPSA) is 42.1 Å². The summed E-state index contributed by atoms with van der Waals surface area (Å²) in [6.07, 6.45) is 6.62. The summed E-state index contributed by atoms with van der Waals surface area (Å²) in [7, 11) is 1.39. The molecule has 3 heteroatoms. The van der Waals surface area contributed by atoms with E-state index in [0.29, 0.717) is 5.69 Å². The first-order valence-electron chi connectivity index (χ1n) is 7.11. The van der Waals surface area contributed by atoms with E-state index in [1.54, 1.807) is 6.20 Å². The number of benzene rings is 1. The highest BCUT2D eigenvalue weighted by atomic mass is 16.5. The van der Waals surface area contributed by atoms with Gasteiger partial charge in [-0.1, -0.05) is 44.0 Å². The first-order valence-corrected chi connectivity index (χ1v) is 7.11. The molecule has 0 aliphatic rings. The number of carbonyl (C=O) groups is 1. The van der Waals surface area contributed by atoms with Crippen molar-refractivity contribution in [3.05, 3.63) is 47.8 Å². The van der Waals surface area contributed by atoms with Gasteiger partial charge in [-0.05, 0) is 30.0 Å². The molecule has 0 saturated heterocycles. The Balaban J connectivity index is 2.14. The smallest absolute Gasteiger partial charge is 0.355 e. The van der Waals surface area contributed by atoms with Crippen LogP contribution in [0, 0.1) is 0 Å². The third-order valence-corrected chi connectivity index (χ3v) is 3.47. The lowest BCUT2D eigenvalue weighted by Gasteiger charge is -2.05. The van der Waals surface area contributed by atoms with Crippen LogP contribution in [0.2, 0.25) is 0 Å². The minimum Gasteiger partial charge on any atom is -0.464 e. The van der Waals surface area contributed by atoms with Crippen LogP contribution in [0.15, 0.2) is 36.5 Å². The number of aromatic nitrogens is 1. The fourth-order valence-corrected chi connectivity index (χ4v) is 2.31. The second kappa shape index (κ2) is 6.94. The normalized spacial score (nSPS) is 10.5. The van der Waals surface area contributed by atoms with Gasteiger partial charge in [0.2, 0.25) is 0 Å². The lowest BCUT2D eigenvalue weighted by molar-refractivity contribution is 0.0596. The maximum Gasteiger partial charge on any atom is 0.355 e. The Bertz CT molecular complexity index is 555. The molecule has 0 atom stereocenters. The highest BCUT2D eigenvalue weighted by Gasteiger charge is 2.14. The van der Waals surface area contributed by atoms with E-state index in [2.05, 4.69) is 36.2 Å². The van der Waals surface area contributed by atoms with E-state index in [1.807, 2.05) is 6.07 Å². The Labute approximate surface area is 120 Å². The van der Waals surface area contributed by atoms with Gasteiger partial charge in [-0.15, -0.1) is 0 Å². The molecule has 106 valence electrons. The largest absolute Gasteiger partial charge is 0.464 e. The molecule has 1 aromatic heterocycles. The summed E-state index contributed by atoms with van der Waals surface area (Å²) in [5.74, 6) is -0.336. The van der Waals surface area contributed by atoms with Gasteiger partial charge in [-0.2, -0.15) is 0 Å². The average molecular weight is 271 g/mol. The van der Waals surface area contributed by atoms with E-state index < -0.39 is 0 Å². The second-order valence-corrected chi connectivity index (χ2v) is 4.91. The minimum atomic E-state index is -0.336. The van der Waals surface area contributed by atoms with Crippen LogP contribution in [-0.4, -0.2) is 18.1 Å². The van der Waals surface area contributed by atoms with Crippen LogP contribution in [0.3, 0.4) is 0 Å². The fourth-order valence-electron chi connectivity index (χ4n) is 2.31. The van der Waals surface area contributed by atoms with Crippen molar-refractivity contribution in [2.24, 2.45) is 0 Å². The van der Waals surface area contributed by atoms with Crippen molar-refractivity contribution in [1.82, 2.24) is 4.98 Å². The number of unbranched alkanes of at least 4 members (excludes halogenated alkanes) is 2. The summed E-state index contributed by atoms with van der Waals surface area (Å²) in [5, 5.41) is 0. The summed E-state index contributed by atoms with van der Waals surface area (Å²) in [4.78, 5) is 14.6. The SMILES string of the molecule is CCCCCc1ccc(-c2cc[nH]c2C(=O)OC)cc1. The van der Waals surface area contributed by atoms with Crippen molar-refractivity contribution < 1.29 is 9.53 Å². The van der Waals surface area contributed by atoms with E-state index >= 15 is 0 Å². The van der Waals surface area contributed by atoms with Crippen LogP contribution in [0.5, 0.6) is 0 Å². The quantitative estimate of drug-likeness (QED) is 0.632. The summed E-state index contributed by atoms with van der Waals surface area (Å²) >= 11 is 0. The Hall–Kier alpha value is -2.03. The van der Waals surface area contributed by atoms with Crippen molar-refractivity contribution in [3.8, 4) is 11.1 Å². The molecule has 1 aromatic carbocycles. The summed E-state index contributed by atoms with van der Waals surface area (Å²) < 4.78 is 4.78. The molecule has 1 heterocycles. The van der Waals surface area contributed by atoms with Gasteiger partial charge >= 0.3 is 5.97 Å². The van der Waals surface area contributed by atoms with Crippen molar-refractivity contribution in [2.45, 2.75) is 32.6 Å². The van der Waals surface area contributed by atoms with Crippen molar-refractivity contribution in [1.29, 1.82) is 0 Å². The number of aromatic amines is 1. The number of esters is 1. The van der Waals surface area contributed by atoms with Crippen LogP contribution in [0.4, 0.5) is 0 Å². The van der Waals surface area contributed by atoms with Crippen LogP contribution in [-0.2, 0) is 11.2 Å². The number of carbonyl (C=O) groups excluding carboxylic acids is 1. The molecule has 0 amide bonds. The first-order chi connectivity index (χ1) is 9.76. The highest BCUT2D eigenvalue weighted by Crippen LogP contribution is 2.24. The van der Waals surface area contributed by atoms with Gasteiger partial charge in [-0.3, -0.25) is 0 Å². The lowest BCUT2D eigenvalue weighted by atomic mass is 10.0. The predicted octanol–water partition coefficient (Wildman–Crippen LogP) is 4.20. The number of hydrogen-bond acceptors (Lipinski definition) is 2. The molecule has 3 nitrogen and oxygen atoms in total. The number of H-pyrrole nitrogens is 1. The summed E-state index contributed by atoms with van der Waals surface area (Å²) in [6.45, 7) is 2.21. The van der Waals surface area contributed by atoms with Crippen molar-refractivity contribution in [2.75, 3.05) is 7.11 Å². The van der Waals surface area contributed by atoms with Crippen molar-refractivity contribution >= 4 is 5.97 Å². The zero-order valence-electron chi connectivity index (χ0n) is 12.1. The van der Waals surface area contributed by atoms with E-state index in [0.717, 1.165) is 17.5 Å². The standard InChI is InChI=1S/C17H21NO2/c1-3-4-5-6-13-7-9-14(10-8-13)15-11-12-18-16(15)17(19)20-2/h7-12,18H,3-6H2,1-2H3. The van der Waals surface area contributed by atoms with Crippen LogP contribution >= 0.6 is 0 Å². The molecule has 0 fully saturated rings. The number of rotatable bonds is 6. The molecule has 0 unspecified atom stereocenters. The molecule has 0 spiro atoms. The summed E-state index contributed by atoms with van der Waals surface area (Å²) in [6, 6.07) is 10.3. The third kappa shape index (κ3) is 3.29. The Morgan fingerprint density at radius 1 is 1.15 bits per heavy atom. The molecule has 20 heavy (non-hydrogen) atoms. The third-order valence-electron chi connectivity index (χ3n) is 3.47. The van der Waals surface area contributed by atoms with E-state index in [9.17, 15) is 4.79 Å². The van der Waals surface area contributed by atoms with Crippen LogP contribution < -0.4 is 0 Å². The maximum absolute atomic E-state index is 11.7. The molecule has 0 saturated carbocycles. The molecule has 1 N–H and O–H groups in total. The number of methoxy groups -OCH3 is 1. The van der Waals surface area contributed by atoms with Gasteiger partial charge in [0.1, 0.15) is 5.69 Å². The Kier molecular flexibility index (Phi) is 4.99. The van der Waals surface area contributed by atoms with E-state index in [-0.39, 0.29) is 5.97 Å². The molecular formula is C17H21NO2. The molecule has 0 aliphatic heterocycles. The molecule has 0 radical (unpaired) electrons. The lowest BCUT2D eigenvalue weighted by Crippen LogP contribution is -2.03. The molecule has 2 rings (SSSR count). The zero-order chi connectivity index (χ0) is 14.4. The van der Waals surface area contributed by atoms with Gasteiger partial charge in [0.05, 0.1) is 7.11 Å². The van der Waals surface area contributed by atoms with Crippen LogP contribution in [0.1, 0.15) is 42.2 Å². The zero-order valence-corrected chi connectivity index (χ0v) is 12.1. The maximum atomic E-state index is 11.7. The number of hydrogen-bond donors (Lipinski definition) is 1. The molecular weight excluding hydrogens is 250 g/mol. The first kappa shape index (κ1) is 14.4. The van der Waals surface area contributed by atoms with E-state index in [1.165, 1.54) is 31.9 Å². The van der Waals surface area contributed by atoms with Gasteiger partial charge in [-0.25, -0.2) is 4.79 Å². The molecule has 0 aliphatic carbocycles. The summed E-state index contributed by atoms with van der Waals surface area (Å²) in [5.41, 5.74) is 3.77. The van der Waals surface area contributed by atoms with Gasteiger partial charge in [0.25, 0.3) is 0 Å². The highest BCUT2D eigenvalue weighted by molar-refractivity contribution is 5.95. The number of ether oxygens (including phenoxy) is 1. The Morgan fingerprint density at radius 2 is 1.90 bits per heavy atom. The van der Waals surface area contributed by atoms with Gasteiger partial charge in [0.15, 0.2) is 0 Å². The average Bonchev–Trinajstić information content (AvgIpc) is 2.97. The minimum absolute atomic E-state index is 0.336. The van der Waals surface area contributed by atoms with E-state index in [4.69, 9.17) is 4.74 Å². The Morgan fingerprint density at radius 3 is 2.55 bits per heavy atom. The van der Waals surface area contributed by atoms with Gasteiger partial charge in [0, 0.05) is 11.8 Å². The van der Waals surface area contributed by atoms with Gasteiger partial charge < -0.3 is 9.72 Å². The molecule has 0 bridgehead atoms. The number of nitrogens with one attached hydrogen (secondary N) is 1. The monoisotopic (exact) mass is 271 g/mol.